The number of nitrogens with one attached hydrogen (secondary N) is 1. The Kier molecular flexibility index (Phi) is 6.32. The Hall–Kier alpha value is 0.110. The van der Waals surface area contributed by atoms with E-state index in [2.05, 4.69) is 26.1 Å². The van der Waals surface area contributed by atoms with Gasteiger partial charge in [-0.15, -0.1) is 0 Å². The van der Waals surface area contributed by atoms with Gasteiger partial charge in [0.2, 0.25) is 0 Å². The second-order valence-corrected chi connectivity index (χ2v) is 8.02. The van der Waals surface area contributed by atoms with Gasteiger partial charge < -0.3 is 5.32 Å². The van der Waals surface area contributed by atoms with Gasteiger partial charge in [-0.1, -0.05) is 50.0 Å². The minimum atomic E-state index is 0.298. The van der Waals surface area contributed by atoms with Crippen LogP contribution in [-0.4, -0.2) is 23.6 Å². The second kappa shape index (κ2) is 7.04. The van der Waals surface area contributed by atoms with Crippen LogP contribution in [0, 0.1) is 0 Å². The molecule has 0 heterocycles. The van der Waals surface area contributed by atoms with Crippen molar-refractivity contribution in [2.75, 3.05) is 12.8 Å². The first kappa shape index (κ1) is 16.2. The van der Waals surface area contributed by atoms with Gasteiger partial charge >= 0.3 is 0 Å². The van der Waals surface area contributed by atoms with E-state index in [1.807, 2.05) is 37.0 Å². The second-order valence-electron chi connectivity index (χ2n) is 5.36. The van der Waals surface area contributed by atoms with Gasteiger partial charge in [-0.2, -0.15) is 11.8 Å². The molecule has 1 aromatic rings. The van der Waals surface area contributed by atoms with Crippen molar-refractivity contribution in [3.63, 3.8) is 0 Å². The maximum Gasteiger partial charge on any atom is 0.0595 e. The van der Waals surface area contributed by atoms with Crippen molar-refractivity contribution in [1.29, 1.82) is 0 Å². The topological polar surface area (TPSA) is 12.0 Å². The molecular weight excluding hydrogens is 285 g/mol. The van der Waals surface area contributed by atoms with E-state index in [-0.39, 0.29) is 0 Å². The molecule has 0 aromatic heterocycles. The van der Waals surface area contributed by atoms with Gasteiger partial charge in [0.25, 0.3) is 0 Å². The molecular formula is C14H21Cl2NS. The molecule has 0 spiro atoms. The molecule has 0 aliphatic rings. The van der Waals surface area contributed by atoms with Crippen molar-refractivity contribution in [3.8, 4) is 0 Å². The van der Waals surface area contributed by atoms with E-state index in [1.165, 1.54) is 5.56 Å². The lowest BCUT2D eigenvalue weighted by molar-refractivity contribution is 0.613. The molecule has 0 aliphatic carbocycles. The number of thioether (sulfide) groups is 1. The van der Waals surface area contributed by atoms with E-state index < -0.39 is 0 Å². The number of hydrogen-bond acceptors (Lipinski definition) is 2. The Morgan fingerprint density at radius 1 is 1.22 bits per heavy atom. The van der Waals surface area contributed by atoms with E-state index in [0.717, 1.165) is 12.2 Å². The first-order valence-electron chi connectivity index (χ1n) is 6.07. The fourth-order valence-electron chi connectivity index (χ4n) is 1.55. The average molecular weight is 306 g/mol. The van der Waals surface area contributed by atoms with Crippen LogP contribution < -0.4 is 5.32 Å². The molecule has 0 fully saturated rings. The van der Waals surface area contributed by atoms with Crippen molar-refractivity contribution < 1.29 is 0 Å². The number of likely N-dealkylation sites (N-methyl/N-ethyl adjacent to an activating group) is 1. The molecule has 1 nitrogen and oxygen atoms in total. The van der Waals surface area contributed by atoms with Crippen molar-refractivity contribution >= 4 is 35.0 Å². The molecule has 1 aromatic carbocycles. The number of halogens is 2. The summed E-state index contributed by atoms with van der Waals surface area (Å²) in [6, 6.07) is 6.31. The van der Waals surface area contributed by atoms with E-state index in [0.29, 0.717) is 20.8 Å². The zero-order chi connectivity index (χ0) is 13.8. The predicted molar refractivity (Wildman–Crippen MR) is 85.2 cm³/mol. The third-order valence-electron chi connectivity index (χ3n) is 2.59. The molecule has 0 radical (unpaired) electrons. The highest BCUT2D eigenvalue weighted by Crippen LogP contribution is 2.26. The van der Waals surface area contributed by atoms with Gasteiger partial charge in [-0.05, 0) is 31.2 Å². The minimum absolute atomic E-state index is 0.298. The van der Waals surface area contributed by atoms with Crippen LogP contribution in [-0.2, 0) is 6.42 Å². The number of benzene rings is 1. The van der Waals surface area contributed by atoms with Crippen LogP contribution in [0.1, 0.15) is 26.3 Å². The summed E-state index contributed by atoms with van der Waals surface area (Å²) in [6.45, 7) is 6.72. The van der Waals surface area contributed by atoms with Gasteiger partial charge in [0.15, 0.2) is 0 Å². The number of hydrogen-bond donors (Lipinski definition) is 1. The van der Waals surface area contributed by atoms with Gasteiger partial charge in [0.1, 0.15) is 0 Å². The fourth-order valence-corrected chi connectivity index (χ4v) is 2.85. The zero-order valence-electron chi connectivity index (χ0n) is 11.4. The Bertz CT molecular complexity index is 388. The first-order chi connectivity index (χ1) is 8.31. The molecule has 1 unspecified atom stereocenters. The molecule has 0 aliphatic heterocycles. The van der Waals surface area contributed by atoms with Gasteiger partial charge in [-0.3, -0.25) is 0 Å². The van der Waals surface area contributed by atoms with Crippen LogP contribution in [0.15, 0.2) is 18.2 Å². The molecule has 18 heavy (non-hydrogen) atoms. The fraction of sp³-hybridized carbons (Fsp3) is 0.571. The molecule has 1 N–H and O–H groups in total. The summed E-state index contributed by atoms with van der Waals surface area (Å²) in [5.41, 5.74) is 1.22. The first-order valence-corrected chi connectivity index (χ1v) is 7.81. The Morgan fingerprint density at radius 3 is 2.39 bits per heavy atom. The van der Waals surface area contributed by atoms with Crippen molar-refractivity contribution in [2.45, 2.75) is 38.0 Å². The Labute approximate surface area is 125 Å². The lowest BCUT2D eigenvalue weighted by Crippen LogP contribution is -2.31. The van der Waals surface area contributed by atoms with Gasteiger partial charge in [0, 0.05) is 16.5 Å². The summed E-state index contributed by atoms with van der Waals surface area (Å²) in [5, 5.41) is 4.61. The standard InChI is InChI=1S/C14H21Cl2NS/c1-14(2,3)18-9-11(17-4)7-10-5-6-12(15)13(16)8-10/h5-6,8,11,17H,7,9H2,1-4H3. The molecule has 0 amide bonds. The quantitative estimate of drug-likeness (QED) is 0.849. The van der Waals surface area contributed by atoms with Gasteiger partial charge in [-0.25, -0.2) is 0 Å². The van der Waals surface area contributed by atoms with E-state index >= 15 is 0 Å². The lowest BCUT2D eigenvalue weighted by atomic mass is 10.1. The summed E-state index contributed by atoms with van der Waals surface area (Å²) >= 11 is 13.9. The van der Waals surface area contributed by atoms with Crippen LogP contribution in [0.5, 0.6) is 0 Å². The lowest BCUT2D eigenvalue weighted by Gasteiger charge is -2.23. The highest BCUT2D eigenvalue weighted by atomic mass is 35.5. The maximum absolute atomic E-state index is 6.03. The summed E-state index contributed by atoms with van der Waals surface area (Å²) in [4.78, 5) is 0. The van der Waals surface area contributed by atoms with Gasteiger partial charge in [0.05, 0.1) is 10.0 Å². The van der Waals surface area contributed by atoms with E-state index in [4.69, 9.17) is 23.2 Å². The van der Waals surface area contributed by atoms with Crippen molar-refractivity contribution in [3.05, 3.63) is 33.8 Å². The highest BCUT2D eigenvalue weighted by molar-refractivity contribution is 8.00. The smallest absolute Gasteiger partial charge is 0.0595 e. The molecule has 1 atom stereocenters. The maximum atomic E-state index is 6.03. The van der Waals surface area contributed by atoms with Crippen LogP contribution in [0.3, 0.4) is 0 Å². The third-order valence-corrected chi connectivity index (χ3v) is 4.77. The van der Waals surface area contributed by atoms with Crippen molar-refractivity contribution in [1.82, 2.24) is 5.32 Å². The van der Waals surface area contributed by atoms with Crippen LogP contribution in [0.25, 0.3) is 0 Å². The third kappa shape index (κ3) is 5.83. The molecule has 4 heteroatoms. The number of rotatable bonds is 5. The zero-order valence-corrected chi connectivity index (χ0v) is 13.7. The van der Waals surface area contributed by atoms with Crippen LogP contribution in [0.2, 0.25) is 10.0 Å². The summed E-state index contributed by atoms with van der Waals surface area (Å²) < 4.78 is 0.298. The Morgan fingerprint density at radius 2 is 1.89 bits per heavy atom. The van der Waals surface area contributed by atoms with Crippen LogP contribution >= 0.6 is 35.0 Å². The monoisotopic (exact) mass is 305 g/mol. The average Bonchev–Trinajstić information content (AvgIpc) is 2.28. The van der Waals surface area contributed by atoms with Crippen LogP contribution in [0.4, 0.5) is 0 Å². The molecule has 0 bridgehead atoms. The summed E-state index contributed by atoms with van der Waals surface area (Å²) in [7, 11) is 2.01. The molecule has 102 valence electrons. The predicted octanol–water partition coefficient (Wildman–Crippen LogP) is 4.66. The van der Waals surface area contributed by atoms with E-state index in [1.54, 1.807) is 0 Å². The summed E-state index contributed by atoms with van der Waals surface area (Å²) in [5.74, 6) is 1.08. The summed E-state index contributed by atoms with van der Waals surface area (Å²) in [6.07, 6.45) is 0.969. The Balaban J connectivity index is 2.59. The van der Waals surface area contributed by atoms with Crippen molar-refractivity contribution in [2.24, 2.45) is 0 Å². The molecule has 0 saturated heterocycles. The normalized spacial score (nSPS) is 13.7. The SMILES string of the molecule is CNC(CSC(C)(C)C)Cc1ccc(Cl)c(Cl)c1. The molecule has 1 rings (SSSR count). The van der Waals surface area contributed by atoms with E-state index in [9.17, 15) is 0 Å². The minimum Gasteiger partial charge on any atom is -0.316 e. The largest absolute Gasteiger partial charge is 0.316 e. The molecule has 0 saturated carbocycles. The highest BCUT2D eigenvalue weighted by Gasteiger charge is 2.15.